The average molecular weight is 231 g/mol. The Morgan fingerprint density at radius 3 is 3.06 bits per heavy atom. The monoisotopic (exact) mass is 231 g/mol. The first kappa shape index (κ1) is 9.54. The molecule has 1 N–H and O–H groups in total. The molecule has 0 saturated carbocycles. The van der Waals surface area contributed by atoms with Crippen LogP contribution in [0.5, 0.6) is 0 Å². The number of hydrogen-bond donors (Lipinski definition) is 1. The molecule has 16 heavy (non-hydrogen) atoms. The molecule has 0 unspecified atom stereocenters. The van der Waals surface area contributed by atoms with Crippen LogP contribution >= 0.6 is 11.3 Å². The van der Waals surface area contributed by atoms with Crippen molar-refractivity contribution in [1.29, 1.82) is 0 Å². The van der Waals surface area contributed by atoms with Gasteiger partial charge in [0.2, 0.25) is 0 Å². The van der Waals surface area contributed by atoms with E-state index in [1.807, 2.05) is 18.2 Å². The molecule has 3 nitrogen and oxygen atoms in total. The zero-order chi connectivity index (χ0) is 11.1. The number of aliphatic carboxylic acids is 1. The largest absolute Gasteiger partial charge is 0.481 e. The van der Waals surface area contributed by atoms with E-state index >= 15 is 0 Å². The van der Waals surface area contributed by atoms with Crippen molar-refractivity contribution in [3.8, 4) is 11.3 Å². The van der Waals surface area contributed by atoms with Crippen molar-refractivity contribution in [2.75, 3.05) is 0 Å². The van der Waals surface area contributed by atoms with E-state index in [2.05, 4.69) is 11.1 Å². The number of carboxylic acid groups (broad SMARTS) is 1. The van der Waals surface area contributed by atoms with Gasteiger partial charge < -0.3 is 5.11 Å². The van der Waals surface area contributed by atoms with Gasteiger partial charge in [0.1, 0.15) is 5.01 Å². The molecule has 1 aromatic heterocycles. The number of hydrogen-bond acceptors (Lipinski definition) is 3. The molecule has 0 amide bonds. The van der Waals surface area contributed by atoms with E-state index in [4.69, 9.17) is 5.11 Å². The summed E-state index contributed by atoms with van der Waals surface area (Å²) in [5, 5.41) is 9.42. The molecule has 4 heteroatoms. The van der Waals surface area contributed by atoms with Gasteiger partial charge in [0.05, 0.1) is 12.1 Å². The topological polar surface area (TPSA) is 50.2 Å². The molecule has 80 valence electrons. The molecular formula is C12H9NO2S. The van der Waals surface area contributed by atoms with Gasteiger partial charge in [0.15, 0.2) is 0 Å². The molecule has 1 heterocycles. The van der Waals surface area contributed by atoms with Gasteiger partial charge in [-0.2, -0.15) is 0 Å². The van der Waals surface area contributed by atoms with Gasteiger partial charge in [-0.3, -0.25) is 4.79 Å². The van der Waals surface area contributed by atoms with E-state index in [-0.39, 0.29) is 6.42 Å². The fourth-order valence-corrected chi connectivity index (χ4v) is 3.11. The first-order valence-electron chi connectivity index (χ1n) is 5.02. The first-order chi connectivity index (χ1) is 7.74. The fraction of sp³-hybridized carbons (Fsp3) is 0.167. The summed E-state index contributed by atoms with van der Waals surface area (Å²) in [6.45, 7) is 0. The summed E-state index contributed by atoms with van der Waals surface area (Å²) in [5.74, 6) is -0.819. The zero-order valence-corrected chi connectivity index (χ0v) is 9.25. The molecule has 1 aliphatic rings. The third-order valence-corrected chi connectivity index (χ3v) is 3.72. The number of fused-ring (bicyclic) bond motifs is 3. The molecular weight excluding hydrogens is 222 g/mol. The van der Waals surface area contributed by atoms with Crippen LogP contribution in [0.4, 0.5) is 0 Å². The van der Waals surface area contributed by atoms with Crippen LogP contribution in [0, 0.1) is 0 Å². The molecule has 0 bridgehead atoms. The minimum Gasteiger partial charge on any atom is -0.481 e. The SMILES string of the molecule is O=C(O)Cc1nc2c(s1)Cc1ccccc1-2. The van der Waals surface area contributed by atoms with Crippen LogP contribution in [-0.4, -0.2) is 16.1 Å². The van der Waals surface area contributed by atoms with Crippen LogP contribution in [0.2, 0.25) is 0 Å². The Bertz CT molecular complexity index is 574. The van der Waals surface area contributed by atoms with E-state index < -0.39 is 5.97 Å². The van der Waals surface area contributed by atoms with Crippen molar-refractivity contribution in [2.45, 2.75) is 12.8 Å². The molecule has 0 radical (unpaired) electrons. The van der Waals surface area contributed by atoms with Crippen molar-refractivity contribution >= 4 is 17.3 Å². The molecule has 0 spiro atoms. The number of thiazole rings is 1. The lowest BCUT2D eigenvalue weighted by atomic mass is 10.1. The van der Waals surface area contributed by atoms with Gasteiger partial charge in [-0.05, 0) is 5.56 Å². The Balaban J connectivity index is 2.04. The summed E-state index contributed by atoms with van der Waals surface area (Å²) in [5.41, 5.74) is 3.43. The van der Waals surface area contributed by atoms with Gasteiger partial charge in [0, 0.05) is 16.9 Å². The number of rotatable bonds is 2. The smallest absolute Gasteiger partial charge is 0.310 e. The van der Waals surface area contributed by atoms with E-state index in [0.29, 0.717) is 5.01 Å². The van der Waals surface area contributed by atoms with Crippen molar-refractivity contribution in [2.24, 2.45) is 0 Å². The maximum absolute atomic E-state index is 10.6. The number of benzene rings is 1. The van der Waals surface area contributed by atoms with E-state index in [0.717, 1.165) is 17.7 Å². The second-order valence-electron chi connectivity index (χ2n) is 3.78. The fourth-order valence-electron chi connectivity index (χ4n) is 2.01. The maximum atomic E-state index is 10.6. The third kappa shape index (κ3) is 1.42. The summed E-state index contributed by atoms with van der Waals surface area (Å²) in [6, 6.07) is 8.16. The Hall–Kier alpha value is -1.68. The number of carbonyl (C=O) groups is 1. The molecule has 2 aromatic rings. The summed E-state index contributed by atoms with van der Waals surface area (Å²) < 4.78 is 0. The minimum absolute atomic E-state index is 0.0276. The summed E-state index contributed by atoms with van der Waals surface area (Å²) in [7, 11) is 0. The Morgan fingerprint density at radius 2 is 2.25 bits per heavy atom. The van der Waals surface area contributed by atoms with Gasteiger partial charge in [-0.25, -0.2) is 4.98 Å². The van der Waals surface area contributed by atoms with Crippen LogP contribution in [0.15, 0.2) is 24.3 Å². The minimum atomic E-state index is -0.819. The summed E-state index contributed by atoms with van der Waals surface area (Å²) >= 11 is 1.51. The summed E-state index contributed by atoms with van der Waals surface area (Å²) in [4.78, 5) is 16.2. The van der Waals surface area contributed by atoms with Crippen LogP contribution in [0.1, 0.15) is 15.4 Å². The van der Waals surface area contributed by atoms with Gasteiger partial charge >= 0.3 is 5.97 Å². The number of aromatic nitrogens is 1. The molecule has 1 aromatic carbocycles. The second-order valence-corrected chi connectivity index (χ2v) is 4.95. The third-order valence-electron chi connectivity index (χ3n) is 2.67. The molecule has 0 saturated heterocycles. The van der Waals surface area contributed by atoms with E-state index in [9.17, 15) is 4.79 Å². The highest BCUT2D eigenvalue weighted by molar-refractivity contribution is 7.12. The second kappa shape index (κ2) is 3.42. The van der Waals surface area contributed by atoms with Crippen molar-refractivity contribution < 1.29 is 9.90 Å². The normalized spacial score (nSPS) is 12.2. The number of nitrogens with zero attached hydrogens (tertiary/aromatic N) is 1. The molecule has 0 atom stereocenters. The van der Waals surface area contributed by atoms with Crippen LogP contribution in [0.3, 0.4) is 0 Å². The lowest BCUT2D eigenvalue weighted by Crippen LogP contribution is -1.99. The van der Waals surface area contributed by atoms with Gasteiger partial charge in [-0.1, -0.05) is 24.3 Å². The Labute approximate surface area is 96.4 Å². The predicted octanol–water partition coefficient (Wildman–Crippen LogP) is 2.34. The van der Waals surface area contributed by atoms with Crippen molar-refractivity contribution in [1.82, 2.24) is 4.98 Å². The predicted molar refractivity (Wildman–Crippen MR) is 61.7 cm³/mol. The lowest BCUT2D eigenvalue weighted by molar-refractivity contribution is -0.136. The highest BCUT2D eigenvalue weighted by Gasteiger charge is 2.23. The molecule has 0 fully saturated rings. The van der Waals surface area contributed by atoms with Crippen LogP contribution in [0.25, 0.3) is 11.3 Å². The standard InChI is InChI=1S/C12H9NO2S/c14-11(15)6-10-13-12-8-4-2-1-3-7(8)5-9(12)16-10/h1-4H,5-6H2,(H,14,15). The first-order valence-corrected chi connectivity index (χ1v) is 5.84. The van der Waals surface area contributed by atoms with Crippen LogP contribution in [-0.2, 0) is 17.6 Å². The quantitative estimate of drug-likeness (QED) is 0.736. The zero-order valence-electron chi connectivity index (χ0n) is 8.43. The van der Waals surface area contributed by atoms with E-state index in [1.54, 1.807) is 0 Å². The van der Waals surface area contributed by atoms with Crippen molar-refractivity contribution in [3.63, 3.8) is 0 Å². The highest BCUT2D eigenvalue weighted by atomic mass is 32.1. The van der Waals surface area contributed by atoms with Crippen LogP contribution < -0.4 is 0 Å². The van der Waals surface area contributed by atoms with Gasteiger partial charge in [-0.15, -0.1) is 11.3 Å². The molecule has 3 rings (SSSR count). The maximum Gasteiger partial charge on any atom is 0.310 e. The summed E-state index contributed by atoms with van der Waals surface area (Å²) in [6.07, 6.45) is 0.919. The highest BCUT2D eigenvalue weighted by Crippen LogP contribution is 2.39. The number of carboxylic acids is 1. The van der Waals surface area contributed by atoms with E-state index in [1.165, 1.54) is 21.8 Å². The van der Waals surface area contributed by atoms with Crippen molar-refractivity contribution in [3.05, 3.63) is 39.7 Å². The molecule has 0 aliphatic heterocycles. The lowest BCUT2D eigenvalue weighted by Gasteiger charge is -1.96. The van der Waals surface area contributed by atoms with Gasteiger partial charge in [0.25, 0.3) is 0 Å². The molecule has 1 aliphatic carbocycles. The average Bonchev–Trinajstić information content (AvgIpc) is 2.73. The Kier molecular flexibility index (Phi) is 2.04. The Morgan fingerprint density at radius 1 is 1.44 bits per heavy atom.